The van der Waals surface area contributed by atoms with E-state index in [1.807, 2.05) is 25.1 Å². The van der Waals surface area contributed by atoms with Gasteiger partial charge in [-0.25, -0.2) is 0 Å². The van der Waals surface area contributed by atoms with Gasteiger partial charge in [-0.1, -0.05) is 0 Å². The van der Waals surface area contributed by atoms with E-state index in [2.05, 4.69) is 10.6 Å². The second-order valence-corrected chi connectivity index (χ2v) is 7.23. The summed E-state index contributed by atoms with van der Waals surface area (Å²) in [6, 6.07) is 5.23. The second kappa shape index (κ2) is 7.58. The number of aryl methyl sites for hydroxylation is 1. The molecular weight excluding hydrogens is 375 g/mol. The Hall–Kier alpha value is -1.63. The molecule has 0 radical (unpaired) electrons. The van der Waals surface area contributed by atoms with Crippen LogP contribution in [0.1, 0.15) is 5.56 Å². The number of nitrogens with one attached hydrogen (secondary N) is 1. The number of rotatable bonds is 6. The van der Waals surface area contributed by atoms with Crippen molar-refractivity contribution in [2.75, 3.05) is 19.0 Å². The van der Waals surface area contributed by atoms with Gasteiger partial charge in [0.2, 0.25) is 0 Å². The average molecular weight is 390 g/mol. The zero-order valence-electron chi connectivity index (χ0n) is 11.9. The summed E-state index contributed by atoms with van der Waals surface area (Å²) in [5.74, 6) is 0.127. The van der Waals surface area contributed by atoms with Crippen LogP contribution < -0.4 is 10.9 Å². The summed E-state index contributed by atoms with van der Waals surface area (Å²) < 4.78 is 2.77. The summed E-state index contributed by atoms with van der Waals surface area (Å²) in [6.45, 7) is 2.65. The number of fused-ring (bicyclic) bond motifs is 1. The molecule has 0 fully saturated rings. The van der Waals surface area contributed by atoms with Crippen LogP contribution in [0.15, 0.2) is 28.3 Å². The van der Waals surface area contributed by atoms with Crippen molar-refractivity contribution in [3.05, 3.63) is 39.0 Å². The molecule has 1 aromatic heterocycles. The van der Waals surface area contributed by atoms with E-state index in [-0.39, 0.29) is 39.3 Å². The minimum absolute atomic E-state index is 0.0147. The van der Waals surface area contributed by atoms with Crippen LogP contribution in [-0.4, -0.2) is 48.3 Å². The van der Waals surface area contributed by atoms with E-state index >= 15 is 0 Å². The van der Waals surface area contributed by atoms with Gasteiger partial charge in [-0.2, -0.15) is 0 Å². The molecule has 0 aliphatic rings. The molecule has 1 aromatic carbocycles. The summed E-state index contributed by atoms with van der Waals surface area (Å²) in [6.07, 6.45) is 0. The van der Waals surface area contributed by atoms with Crippen molar-refractivity contribution < 1.29 is 4.79 Å². The van der Waals surface area contributed by atoms with Crippen LogP contribution in [0.4, 0.5) is 4.79 Å². The summed E-state index contributed by atoms with van der Waals surface area (Å²) in [4.78, 5) is 34.4. The molecule has 0 unspecified atom stereocenters. The number of nitroso groups, excluding NO2 is 1. The molecule has 0 spiro atoms. The standard InChI is InChI=1S/C13H15ClN4O3Se/c1-9-2-3-11-10(8-9)12(19)18(22-11)7-5-15-13(20)17(16-21)6-4-14/h2-3,8H,4-7H2,1H3,(H,15,20). The Bertz CT molecular complexity index is 742. The fraction of sp³-hybridized carbons (Fsp3) is 0.385. The van der Waals surface area contributed by atoms with Crippen molar-refractivity contribution in [3.63, 3.8) is 0 Å². The third-order valence-corrected chi connectivity index (χ3v) is 5.54. The molecule has 0 saturated carbocycles. The fourth-order valence-corrected chi connectivity index (χ4v) is 4.15. The van der Waals surface area contributed by atoms with Crippen LogP contribution in [-0.2, 0) is 6.54 Å². The Kier molecular flexibility index (Phi) is 5.76. The molecular formula is C13H15ClN4O3Se. The maximum atomic E-state index is 12.2. The molecule has 9 heteroatoms. The number of halogens is 1. The number of nitrogens with zero attached hydrogens (tertiary/aromatic N) is 3. The number of aromatic nitrogens is 1. The summed E-state index contributed by atoms with van der Waals surface area (Å²) in [7, 11) is 0. The van der Waals surface area contributed by atoms with E-state index < -0.39 is 6.03 Å². The number of amides is 2. The van der Waals surface area contributed by atoms with Crippen LogP contribution >= 0.6 is 11.6 Å². The Balaban J connectivity index is 2.00. The molecule has 2 rings (SSSR count). The number of benzene rings is 1. The summed E-state index contributed by atoms with van der Waals surface area (Å²) in [5, 5.41) is 6.61. The molecule has 118 valence electrons. The molecule has 0 atom stereocenters. The first-order valence-electron chi connectivity index (χ1n) is 6.62. The number of carbonyl (C=O) groups excluding carboxylic acids is 1. The Morgan fingerprint density at radius 2 is 2.27 bits per heavy atom. The van der Waals surface area contributed by atoms with Gasteiger partial charge in [-0.05, 0) is 0 Å². The Labute approximate surface area is 137 Å². The zero-order chi connectivity index (χ0) is 16.1. The van der Waals surface area contributed by atoms with Crippen molar-refractivity contribution in [2.24, 2.45) is 5.29 Å². The van der Waals surface area contributed by atoms with Crippen molar-refractivity contribution in [3.8, 4) is 0 Å². The average Bonchev–Trinajstić information content (AvgIpc) is 2.81. The van der Waals surface area contributed by atoms with E-state index in [1.165, 1.54) is 0 Å². The minimum atomic E-state index is -0.608. The van der Waals surface area contributed by atoms with Gasteiger partial charge in [0.05, 0.1) is 0 Å². The van der Waals surface area contributed by atoms with Crippen LogP contribution in [0, 0.1) is 11.8 Å². The van der Waals surface area contributed by atoms with E-state index in [1.54, 1.807) is 3.56 Å². The van der Waals surface area contributed by atoms with Gasteiger partial charge >= 0.3 is 137 Å². The molecule has 1 N–H and O–H groups in total. The van der Waals surface area contributed by atoms with Gasteiger partial charge in [0.1, 0.15) is 0 Å². The van der Waals surface area contributed by atoms with Gasteiger partial charge in [0, 0.05) is 0 Å². The van der Waals surface area contributed by atoms with E-state index in [0.717, 1.165) is 20.2 Å². The summed E-state index contributed by atoms with van der Waals surface area (Å²) >= 11 is 5.39. The number of hydrogen-bond donors (Lipinski definition) is 1. The molecule has 0 saturated heterocycles. The predicted molar refractivity (Wildman–Crippen MR) is 86.5 cm³/mol. The normalized spacial score (nSPS) is 10.6. The monoisotopic (exact) mass is 390 g/mol. The molecule has 0 aliphatic carbocycles. The van der Waals surface area contributed by atoms with Gasteiger partial charge in [0.25, 0.3) is 0 Å². The quantitative estimate of drug-likeness (QED) is 0.350. The first-order valence-corrected chi connectivity index (χ1v) is 8.77. The molecule has 0 bridgehead atoms. The third-order valence-electron chi connectivity index (χ3n) is 3.02. The predicted octanol–water partition coefficient (Wildman–Crippen LogP) is 1.30. The maximum absolute atomic E-state index is 12.2. The topological polar surface area (TPSA) is 83.8 Å². The van der Waals surface area contributed by atoms with Crippen molar-refractivity contribution in [1.29, 1.82) is 0 Å². The van der Waals surface area contributed by atoms with Gasteiger partial charge < -0.3 is 0 Å². The Morgan fingerprint density at radius 1 is 1.50 bits per heavy atom. The molecule has 1 heterocycles. The first kappa shape index (κ1) is 16.7. The number of hydrogen-bond acceptors (Lipinski definition) is 4. The van der Waals surface area contributed by atoms with Crippen LogP contribution in [0.2, 0.25) is 0 Å². The SMILES string of the molecule is Cc1ccc2[se]n(CCNC(=O)N(CCCl)N=O)c(=O)c2c1. The van der Waals surface area contributed by atoms with E-state index in [0.29, 0.717) is 6.54 Å². The van der Waals surface area contributed by atoms with Crippen molar-refractivity contribution >= 4 is 42.0 Å². The third kappa shape index (κ3) is 3.76. The first-order chi connectivity index (χ1) is 10.6. The second-order valence-electron chi connectivity index (χ2n) is 4.62. The van der Waals surface area contributed by atoms with Crippen LogP contribution in [0.25, 0.3) is 9.65 Å². The molecule has 2 amide bonds. The van der Waals surface area contributed by atoms with E-state index in [4.69, 9.17) is 11.6 Å². The van der Waals surface area contributed by atoms with E-state index in [9.17, 15) is 14.5 Å². The zero-order valence-corrected chi connectivity index (χ0v) is 14.4. The van der Waals surface area contributed by atoms with Crippen LogP contribution in [0.5, 0.6) is 0 Å². The Morgan fingerprint density at radius 3 is 2.95 bits per heavy atom. The molecule has 0 aliphatic heterocycles. The van der Waals surface area contributed by atoms with Crippen LogP contribution in [0.3, 0.4) is 0 Å². The fourth-order valence-electron chi connectivity index (χ4n) is 1.95. The van der Waals surface area contributed by atoms with Crippen molar-refractivity contribution in [2.45, 2.75) is 13.5 Å². The van der Waals surface area contributed by atoms with Gasteiger partial charge in [-0.15, -0.1) is 0 Å². The van der Waals surface area contributed by atoms with Crippen molar-refractivity contribution in [1.82, 2.24) is 13.9 Å². The number of carbonyl (C=O) groups is 1. The molecule has 2 aromatic rings. The summed E-state index contributed by atoms with van der Waals surface area (Å²) in [5.41, 5.74) is 1.03. The van der Waals surface area contributed by atoms with Gasteiger partial charge in [-0.3, -0.25) is 0 Å². The number of urea groups is 1. The molecule has 7 nitrogen and oxygen atoms in total. The molecule has 22 heavy (non-hydrogen) atoms. The van der Waals surface area contributed by atoms with Gasteiger partial charge in [0.15, 0.2) is 0 Å². The number of alkyl halides is 1.